The normalized spacial score (nSPS) is 11.2. The van der Waals surface area contributed by atoms with E-state index in [9.17, 15) is 22.8 Å². The number of urea groups is 1. The lowest BCUT2D eigenvalue weighted by atomic mass is 10.2. The number of carbonyl (C=O) groups is 2. The van der Waals surface area contributed by atoms with Gasteiger partial charge in [-0.1, -0.05) is 23.7 Å². The highest BCUT2D eigenvalue weighted by molar-refractivity contribution is 6.31. The monoisotopic (exact) mass is 530 g/mol. The molecule has 37 heavy (non-hydrogen) atoms. The molecule has 0 radical (unpaired) electrons. The van der Waals surface area contributed by atoms with Crippen LogP contribution in [0.5, 0.6) is 11.6 Å². The quantitative estimate of drug-likeness (QED) is 0.262. The summed E-state index contributed by atoms with van der Waals surface area (Å²) >= 11 is 5.60. The predicted molar refractivity (Wildman–Crippen MR) is 131 cm³/mol. The Morgan fingerprint density at radius 1 is 0.946 bits per heavy atom. The molecule has 0 atom stereocenters. The smallest absolute Gasteiger partial charge is 0.417 e. The second-order valence-electron chi connectivity index (χ2n) is 7.49. The van der Waals surface area contributed by atoms with E-state index in [0.29, 0.717) is 22.3 Å². The summed E-state index contributed by atoms with van der Waals surface area (Å²) in [4.78, 5) is 32.8. The molecule has 0 saturated carbocycles. The molecule has 0 aliphatic rings. The Labute approximate surface area is 213 Å². The number of ether oxygens (including phenoxy) is 2. The van der Waals surface area contributed by atoms with Crippen molar-refractivity contribution in [2.75, 3.05) is 17.2 Å². The van der Waals surface area contributed by atoms with Gasteiger partial charge in [0.25, 0.3) is 0 Å². The molecule has 3 aromatic carbocycles. The minimum absolute atomic E-state index is 0.0813. The summed E-state index contributed by atoms with van der Waals surface area (Å²) in [5.74, 6) is -0.361. The van der Waals surface area contributed by atoms with Crippen molar-refractivity contribution in [2.24, 2.45) is 0 Å². The van der Waals surface area contributed by atoms with Crippen LogP contribution in [0.4, 0.5) is 29.3 Å². The van der Waals surface area contributed by atoms with Gasteiger partial charge in [0.15, 0.2) is 0 Å². The van der Waals surface area contributed by atoms with Crippen LogP contribution < -0.4 is 15.4 Å². The number of halogens is 4. The van der Waals surface area contributed by atoms with E-state index in [4.69, 9.17) is 21.1 Å². The van der Waals surface area contributed by atoms with Gasteiger partial charge in [0.05, 0.1) is 28.1 Å². The van der Waals surface area contributed by atoms with Crippen LogP contribution in [0.2, 0.25) is 5.02 Å². The van der Waals surface area contributed by atoms with Crippen LogP contribution in [0.1, 0.15) is 23.1 Å². The zero-order chi connectivity index (χ0) is 26.6. The van der Waals surface area contributed by atoms with Crippen molar-refractivity contribution in [3.63, 3.8) is 0 Å². The number of nitrogens with one attached hydrogen (secondary N) is 2. The molecule has 2 N–H and O–H groups in total. The molecular formula is C25H18ClF3N4O4. The van der Waals surface area contributed by atoms with Crippen molar-refractivity contribution < 1.29 is 32.2 Å². The van der Waals surface area contributed by atoms with Crippen LogP contribution in [0.15, 0.2) is 66.7 Å². The second-order valence-corrected chi connectivity index (χ2v) is 7.90. The number of esters is 1. The van der Waals surface area contributed by atoms with E-state index >= 15 is 0 Å². The third-order valence-corrected chi connectivity index (χ3v) is 5.21. The van der Waals surface area contributed by atoms with Gasteiger partial charge in [-0.15, -0.1) is 0 Å². The van der Waals surface area contributed by atoms with Crippen molar-refractivity contribution in [3.8, 4) is 11.6 Å². The van der Waals surface area contributed by atoms with Crippen LogP contribution in [-0.2, 0) is 10.9 Å². The lowest BCUT2D eigenvalue weighted by Crippen LogP contribution is -2.19. The molecule has 1 aromatic heterocycles. The Hall–Kier alpha value is -4.38. The first kappa shape index (κ1) is 25.7. The molecule has 0 aliphatic carbocycles. The third kappa shape index (κ3) is 6.25. The van der Waals surface area contributed by atoms with Gasteiger partial charge in [-0.2, -0.15) is 18.2 Å². The molecule has 2 amide bonds. The van der Waals surface area contributed by atoms with E-state index in [2.05, 4.69) is 20.6 Å². The van der Waals surface area contributed by atoms with Gasteiger partial charge in [-0.25, -0.2) is 14.6 Å². The number of hydrogen-bond donors (Lipinski definition) is 2. The first-order valence-corrected chi connectivity index (χ1v) is 11.2. The van der Waals surface area contributed by atoms with Crippen LogP contribution in [0, 0.1) is 0 Å². The molecule has 0 bridgehead atoms. The van der Waals surface area contributed by atoms with E-state index in [1.54, 1.807) is 43.3 Å². The van der Waals surface area contributed by atoms with Gasteiger partial charge >= 0.3 is 18.2 Å². The number of nitrogens with zero attached hydrogens (tertiary/aromatic N) is 2. The standard InChI is InChI=1S/C25H18ClF3N4O4/c1-2-36-23(34)21-32-20-6-4-3-5-17(20)22(33-21)37-16-10-7-14(8-11-16)30-24(35)31-15-9-12-19(26)18(13-15)25(27,28)29/h3-13H,2H2,1H3,(H2,30,31,35). The highest BCUT2D eigenvalue weighted by atomic mass is 35.5. The lowest BCUT2D eigenvalue weighted by molar-refractivity contribution is -0.137. The number of benzene rings is 3. The van der Waals surface area contributed by atoms with E-state index in [1.807, 2.05) is 0 Å². The largest absolute Gasteiger partial charge is 0.460 e. The van der Waals surface area contributed by atoms with E-state index < -0.39 is 28.8 Å². The Balaban J connectivity index is 1.47. The van der Waals surface area contributed by atoms with Crippen LogP contribution in [0.3, 0.4) is 0 Å². The Morgan fingerprint density at radius 3 is 2.32 bits per heavy atom. The Kier molecular flexibility index (Phi) is 7.44. The number of para-hydroxylation sites is 1. The zero-order valence-electron chi connectivity index (χ0n) is 19.1. The molecule has 4 aromatic rings. The maximum atomic E-state index is 13.0. The molecule has 8 nitrogen and oxygen atoms in total. The number of aromatic nitrogens is 2. The predicted octanol–water partition coefficient (Wildman–Crippen LogP) is 6.92. The first-order valence-electron chi connectivity index (χ1n) is 10.8. The topological polar surface area (TPSA) is 102 Å². The van der Waals surface area contributed by atoms with E-state index in [-0.39, 0.29) is 24.0 Å². The molecule has 12 heteroatoms. The highest BCUT2D eigenvalue weighted by Gasteiger charge is 2.33. The first-order chi connectivity index (χ1) is 17.6. The Bertz CT molecular complexity index is 1460. The summed E-state index contributed by atoms with van der Waals surface area (Å²) in [7, 11) is 0. The van der Waals surface area contributed by atoms with Crippen molar-refractivity contribution in [1.29, 1.82) is 0 Å². The van der Waals surface area contributed by atoms with Crippen LogP contribution in [0.25, 0.3) is 10.9 Å². The molecule has 0 fully saturated rings. The zero-order valence-corrected chi connectivity index (χ0v) is 19.9. The number of rotatable bonds is 6. The molecule has 0 saturated heterocycles. The second kappa shape index (κ2) is 10.7. The maximum Gasteiger partial charge on any atom is 0.417 e. The van der Waals surface area contributed by atoms with Crippen molar-refractivity contribution >= 4 is 45.9 Å². The molecule has 190 valence electrons. The average Bonchev–Trinajstić information content (AvgIpc) is 2.86. The van der Waals surface area contributed by atoms with Gasteiger partial charge in [0.2, 0.25) is 11.7 Å². The molecule has 0 unspecified atom stereocenters. The highest BCUT2D eigenvalue weighted by Crippen LogP contribution is 2.36. The number of anilines is 2. The fourth-order valence-electron chi connectivity index (χ4n) is 3.24. The van der Waals surface area contributed by atoms with Crippen LogP contribution in [-0.4, -0.2) is 28.6 Å². The van der Waals surface area contributed by atoms with Crippen molar-refractivity contribution in [3.05, 3.63) is 83.1 Å². The number of amides is 2. The van der Waals surface area contributed by atoms with Gasteiger partial charge in [-0.05, 0) is 61.5 Å². The minimum atomic E-state index is -4.66. The summed E-state index contributed by atoms with van der Waals surface area (Å²) in [6.07, 6.45) is -4.66. The number of alkyl halides is 3. The summed E-state index contributed by atoms with van der Waals surface area (Å²) in [6.45, 7) is 1.83. The fourth-order valence-corrected chi connectivity index (χ4v) is 3.47. The number of hydrogen-bond acceptors (Lipinski definition) is 6. The van der Waals surface area contributed by atoms with Crippen LogP contribution >= 0.6 is 11.6 Å². The van der Waals surface area contributed by atoms with Gasteiger partial charge in [-0.3, -0.25) is 0 Å². The summed E-state index contributed by atoms with van der Waals surface area (Å²) in [5, 5.41) is 4.94. The molecule has 0 aliphatic heterocycles. The average molecular weight is 531 g/mol. The lowest BCUT2D eigenvalue weighted by Gasteiger charge is -2.13. The van der Waals surface area contributed by atoms with Gasteiger partial charge in [0, 0.05) is 11.4 Å². The summed E-state index contributed by atoms with van der Waals surface area (Å²) in [6, 6.07) is 15.4. The maximum absolute atomic E-state index is 13.0. The minimum Gasteiger partial charge on any atom is -0.460 e. The number of fused-ring (bicyclic) bond motifs is 1. The number of carbonyl (C=O) groups excluding carboxylic acids is 2. The molecular weight excluding hydrogens is 513 g/mol. The van der Waals surface area contributed by atoms with Crippen molar-refractivity contribution in [2.45, 2.75) is 13.1 Å². The molecule has 0 spiro atoms. The van der Waals surface area contributed by atoms with E-state index in [1.165, 1.54) is 18.2 Å². The third-order valence-electron chi connectivity index (χ3n) is 4.88. The van der Waals surface area contributed by atoms with E-state index in [0.717, 1.165) is 12.1 Å². The summed E-state index contributed by atoms with van der Waals surface area (Å²) in [5.41, 5.74) is -0.310. The Morgan fingerprint density at radius 2 is 1.62 bits per heavy atom. The molecule has 4 rings (SSSR count). The SMILES string of the molecule is CCOC(=O)c1nc(Oc2ccc(NC(=O)Nc3ccc(Cl)c(C(F)(F)F)c3)cc2)c2ccccc2n1. The van der Waals surface area contributed by atoms with Gasteiger partial charge < -0.3 is 20.1 Å². The summed E-state index contributed by atoms with van der Waals surface area (Å²) < 4.78 is 49.9. The van der Waals surface area contributed by atoms with Gasteiger partial charge in [0.1, 0.15) is 5.75 Å². The fraction of sp³-hybridized carbons (Fsp3) is 0.120. The molecule has 1 heterocycles. The van der Waals surface area contributed by atoms with Crippen molar-refractivity contribution in [1.82, 2.24) is 9.97 Å².